The molecule has 2 heterocycles. The highest BCUT2D eigenvalue weighted by Gasteiger charge is 2.41. The average molecular weight is 260 g/mol. The van der Waals surface area contributed by atoms with Gasteiger partial charge < -0.3 is 10.1 Å². The summed E-state index contributed by atoms with van der Waals surface area (Å²) in [4.78, 5) is 12.1. The van der Waals surface area contributed by atoms with Crippen LogP contribution in [0.5, 0.6) is 0 Å². The number of amides is 1. The third kappa shape index (κ3) is 2.20. The van der Waals surface area contributed by atoms with Crippen molar-refractivity contribution < 1.29 is 13.9 Å². The molecule has 1 aromatic carbocycles. The van der Waals surface area contributed by atoms with Crippen LogP contribution in [0.15, 0.2) is 18.2 Å². The Bertz CT molecular complexity index is 567. The van der Waals surface area contributed by atoms with E-state index in [9.17, 15) is 9.18 Å². The number of hydrogen-bond donors (Lipinski definition) is 1. The number of nitriles is 1. The fourth-order valence-corrected chi connectivity index (χ4v) is 2.79. The lowest BCUT2D eigenvalue weighted by atomic mass is 9.95. The number of nitrogens with zero attached hydrogens (tertiary/aromatic N) is 1. The molecular weight excluding hydrogens is 247 g/mol. The van der Waals surface area contributed by atoms with Crippen LogP contribution in [-0.4, -0.2) is 24.2 Å². The fourth-order valence-electron chi connectivity index (χ4n) is 2.79. The number of halogens is 1. The molecule has 0 saturated carbocycles. The maximum Gasteiger partial charge on any atom is 0.251 e. The van der Waals surface area contributed by atoms with E-state index < -0.39 is 5.82 Å². The van der Waals surface area contributed by atoms with Crippen LogP contribution in [0.1, 0.15) is 35.2 Å². The molecule has 19 heavy (non-hydrogen) atoms. The highest BCUT2D eigenvalue weighted by molar-refractivity contribution is 5.94. The van der Waals surface area contributed by atoms with Crippen molar-refractivity contribution in [1.82, 2.24) is 5.32 Å². The number of rotatable bonds is 2. The van der Waals surface area contributed by atoms with Crippen LogP contribution in [0.25, 0.3) is 0 Å². The monoisotopic (exact) mass is 260 g/mol. The molecule has 2 fully saturated rings. The molecule has 2 aliphatic heterocycles. The van der Waals surface area contributed by atoms with Crippen molar-refractivity contribution in [2.45, 2.75) is 37.5 Å². The van der Waals surface area contributed by atoms with Crippen LogP contribution < -0.4 is 5.32 Å². The van der Waals surface area contributed by atoms with Crippen molar-refractivity contribution in [1.29, 1.82) is 5.26 Å². The highest BCUT2D eigenvalue weighted by atomic mass is 19.1. The van der Waals surface area contributed by atoms with Gasteiger partial charge in [-0.05, 0) is 37.5 Å². The summed E-state index contributed by atoms with van der Waals surface area (Å²) in [6.07, 6.45) is 3.24. The van der Waals surface area contributed by atoms with Gasteiger partial charge in [0, 0.05) is 5.56 Å². The van der Waals surface area contributed by atoms with Gasteiger partial charge in [0.05, 0.1) is 23.8 Å². The molecule has 3 rings (SSSR count). The summed E-state index contributed by atoms with van der Waals surface area (Å²) < 4.78 is 18.8. The predicted molar refractivity (Wildman–Crippen MR) is 64.9 cm³/mol. The first kappa shape index (κ1) is 12.1. The molecule has 1 aromatic rings. The second-order valence-corrected chi connectivity index (χ2v) is 5.00. The smallest absolute Gasteiger partial charge is 0.251 e. The molecule has 1 N–H and O–H groups in total. The van der Waals surface area contributed by atoms with E-state index in [0.717, 1.165) is 25.3 Å². The van der Waals surface area contributed by atoms with Crippen molar-refractivity contribution in [3.8, 4) is 6.07 Å². The zero-order chi connectivity index (χ0) is 13.4. The van der Waals surface area contributed by atoms with Crippen molar-refractivity contribution in [3.05, 3.63) is 35.1 Å². The molecule has 0 spiro atoms. The Hall–Kier alpha value is -1.93. The molecule has 0 radical (unpaired) electrons. The third-order valence-corrected chi connectivity index (χ3v) is 3.77. The van der Waals surface area contributed by atoms with Crippen molar-refractivity contribution in [2.24, 2.45) is 0 Å². The molecule has 3 atom stereocenters. The van der Waals surface area contributed by atoms with E-state index in [4.69, 9.17) is 10.00 Å². The summed E-state index contributed by atoms with van der Waals surface area (Å²) in [5.74, 6) is -0.889. The van der Waals surface area contributed by atoms with Gasteiger partial charge >= 0.3 is 0 Å². The quantitative estimate of drug-likeness (QED) is 0.881. The average Bonchev–Trinajstić information content (AvgIpc) is 3.01. The fraction of sp³-hybridized carbons (Fsp3) is 0.429. The summed E-state index contributed by atoms with van der Waals surface area (Å²) in [5, 5.41) is 11.7. The van der Waals surface area contributed by atoms with Crippen LogP contribution in [0.2, 0.25) is 0 Å². The first-order valence-electron chi connectivity index (χ1n) is 6.33. The Morgan fingerprint density at radius 1 is 1.47 bits per heavy atom. The second kappa shape index (κ2) is 4.63. The summed E-state index contributed by atoms with van der Waals surface area (Å²) in [5.41, 5.74) is 0.192. The molecule has 0 unspecified atom stereocenters. The van der Waals surface area contributed by atoms with Crippen molar-refractivity contribution in [3.63, 3.8) is 0 Å². The molecule has 0 aliphatic carbocycles. The Morgan fingerprint density at radius 2 is 2.32 bits per heavy atom. The standard InChI is InChI=1S/C14H13FN2O2/c15-11-3-1-8(5-9(11)7-16)14(18)17-12-6-10-2-4-13(12)19-10/h1,3,5,10,12-13H,2,4,6H2,(H,17,18)/t10-,12-,13-/m1/s1. The van der Waals surface area contributed by atoms with Gasteiger partial charge in [-0.25, -0.2) is 4.39 Å². The third-order valence-electron chi connectivity index (χ3n) is 3.77. The summed E-state index contributed by atoms with van der Waals surface area (Å²) >= 11 is 0. The number of hydrogen-bond acceptors (Lipinski definition) is 3. The number of benzene rings is 1. The van der Waals surface area contributed by atoms with E-state index in [1.54, 1.807) is 6.07 Å². The van der Waals surface area contributed by atoms with E-state index in [-0.39, 0.29) is 29.7 Å². The van der Waals surface area contributed by atoms with E-state index in [0.29, 0.717) is 5.56 Å². The number of ether oxygens (including phenoxy) is 1. The molecule has 0 aromatic heterocycles. The first-order chi connectivity index (χ1) is 9.17. The molecule has 98 valence electrons. The Balaban J connectivity index is 1.72. The summed E-state index contributed by atoms with van der Waals surface area (Å²) in [6.45, 7) is 0. The van der Waals surface area contributed by atoms with E-state index in [1.165, 1.54) is 12.1 Å². The SMILES string of the molecule is N#Cc1cc(C(=O)N[C@@H]2C[C@H]3CC[C@H]2O3)ccc1F. The maximum absolute atomic E-state index is 13.2. The summed E-state index contributed by atoms with van der Waals surface area (Å²) in [7, 11) is 0. The minimum absolute atomic E-state index is 0.0295. The molecule has 2 saturated heterocycles. The second-order valence-electron chi connectivity index (χ2n) is 5.00. The van der Waals surface area contributed by atoms with Crippen molar-refractivity contribution >= 4 is 5.91 Å². The van der Waals surface area contributed by atoms with Crippen molar-refractivity contribution in [2.75, 3.05) is 0 Å². The lowest BCUT2D eigenvalue weighted by Crippen LogP contribution is -2.41. The number of carbonyl (C=O) groups is 1. The first-order valence-corrected chi connectivity index (χ1v) is 6.33. The van der Waals surface area contributed by atoms with Gasteiger partial charge in [0.1, 0.15) is 11.9 Å². The lowest BCUT2D eigenvalue weighted by Gasteiger charge is -2.20. The Morgan fingerprint density at radius 3 is 2.95 bits per heavy atom. The van der Waals surface area contributed by atoms with Gasteiger partial charge in [0.15, 0.2) is 0 Å². The zero-order valence-electron chi connectivity index (χ0n) is 10.2. The maximum atomic E-state index is 13.2. The number of nitrogens with one attached hydrogen (secondary N) is 1. The van der Waals surface area contributed by atoms with Gasteiger partial charge in [-0.3, -0.25) is 4.79 Å². The van der Waals surface area contributed by atoms with Gasteiger partial charge in [-0.2, -0.15) is 5.26 Å². The molecule has 4 nitrogen and oxygen atoms in total. The molecule has 5 heteroatoms. The highest BCUT2D eigenvalue weighted by Crippen LogP contribution is 2.34. The zero-order valence-corrected chi connectivity index (χ0v) is 10.2. The minimum atomic E-state index is -0.609. The van der Waals surface area contributed by atoms with Crippen LogP contribution in [-0.2, 0) is 4.74 Å². The number of carbonyl (C=O) groups excluding carboxylic acids is 1. The van der Waals surface area contributed by atoms with Gasteiger partial charge in [0.2, 0.25) is 0 Å². The predicted octanol–water partition coefficient (Wildman–Crippen LogP) is 1.75. The van der Waals surface area contributed by atoms with E-state index in [2.05, 4.69) is 5.32 Å². The van der Waals surface area contributed by atoms with Crippen LogP contribution in [0.3, 0.4) is 0 Å². The minimum Gasteiger partial charge on any atom is -0.373 e. The van der Waals surface area contributed by atoms with Crippen LogP contribution in [0, 0.1) is 17.1 Å². The van der Waals surface area contributed by atoms with E-state index >= 15 is 0 Å². The van der Waals surface area contributed by atoms with Gasteiger partial charge in [-0.1, -0.05) is 0 Å². The van der Waals surface area contributed by atoms with Gasteiger partial charge in [0.25, 0.3) is 5.91 Å². The molecule has 1 amide bonds. The lowest BCUT2D eigenvalue weighted by molar-refractivity contribution is 0.0841. The van der Waals surface area contributed by atoms with Crippen LogP contribution >= 0.6 is 0 Å². The van der Waals surface area contributed by atoms with E-state index in [1.807, 2.05) is 0 Å². The van der Waals surface area contributed by atoms with Gasteiger partial charge in [-0.15, -0.1) is 0 Å². The molecule has 2 aliphatic rings. The Labute approximate surface area is 110 Å². The number of fused-ring (bicyclic) bond motifs is 2. The normalized spacial score (nSPS) is 28.1. The topological polar surface area (TPSA) is 62.1 Å². The Kier molecular flexibility index (Phi) is 2.96. The summed E-state index contributed by atoms with van der Waals surface area (Å²) in [6, 6.07) is 5.57. The van der Waals surface area contributed by atoms with Crippen LogP contribution in [0.4, 0.5) is 4.39 Å². The largest absolute Gasteiger partial charge is 0.373 e. The molecule has 2 bridgehead atoms. The molecular formula is C14H13FN2O2.